The first-order valence-electron chi connectivity index (χ1n) is 10.9. The Bertz CT molecular complexity index is 869. The van der Waals surface area contributed by atoms with Crippen LogP contribution in [0.3, 0.4) is 0 Å². The van der Waals surface area contributed by atoms with Gasteiger partial charge in [0, 0.05) is 62.8 Å². The van der Waals surface area contributed by atoms with Gasteiger partial charge in [0.2, 0.25) is 5.91 Å². The highest BCUT2D eigenvalue weighted by Gasteiger charge is 2.30. The summed E-state index contributed by atoms with van der Waals surface area (Å²) in [4.78, 5) is 19.2. The fourth-order valence-electron chi connectivity index (χ4n) is 4.27. The van der Waals surface area contributed by atoms with E-state index in [1.165, 1.54) is 0 Å². The molecule has 2 aromatic heterocycles. The number of amides is 1. The van der Waals surface area contributed by atoms with Crippen LogP contribution in [-0.4, -0.2) is 75.6 Å². The molecular formula is C21H31N7OS. The van der Waals surface area contributed by atoms with E-state index in [4.69, 9.17) is 0 Å². The van der Waals surface area contributed by atoms with Gasteiger partial charge in [-0.1, -0.05) is 6.07 Å². The lowest BCUT2D eigenvalue weighted by molar-refractivity contribution is -0.136. The topological polar surface area (TPSA) is 86.9 Å². The van der Waals surface area contributed by atoms with Crippen molar-refractivity contribution in [3.05, 3.63) is 30.2 Å². The molecule has 3 heterocycles. The number of nitrogens with zero attached hydrogens (tertiary/aromatic N) is 5. The predicted octanol–water partition coefficient (Wildman–Crippen LogP) is 1.57. The summed E-state index contributed by atoms with van der Waals surface area (Å²) in [6.45, 7) is 2.56. The monoisotopic (exact) mass is 429 g/mol. The van der Waals surface area contributed by atoms with Gasteiger partial charge < -0.3 is 15.5 Å². The van der Waals surface area contributed by atoms with E-state index >= 15 is 0 Å². The smallest absolute Gasteiger partial charge is 0.225 e. The van der Waals surface area contributed by atoms with Gasteiger partial charge in [0.15, 0.2) is 11.6 Å². The number of nitrogens with one attached hydrogen (secondary N) is 2. The largest absolute Gasteiger partial charge is 0.356 e. The van der Waals surface area contributed by atoms with Crippen LogP contribution in [0.2, 0.25) is 0 Å². The second kappa shape index (κ2) is 10.1. The zero-order chi connectivity index (χ0) is 20.8. The fourth-order valence-corrected chi connectivity index (χ4v) is 5.17. The quantitative estimate of drug-likeness (QED) is 0.554. The van der Waals surface area contributed by atoms with Crippen molar-refractivity contribution in [2.24, 2.45) is 10.9 Å². The Morgan fingerprint density at radius 2 is 2.00 bits per heavy atom. The molecule has 0 unspecified atom stereocenters. The summed E-state index contributed by atoms with van der Waals surface area (Å²) in [6, 6.07) is 6.27. The Hall–Kier alpha value is -2.29. The second-order valence-electron chi connectivity index (χ2n) is 7.92. The molecule has 0 bridgehead atoms. The number of rotatable bonds is 5. The number of thioether (sulfide) groups is 1. The van der Waals surface area contributed by atoms with Crippen molar-refractivity contribution < 1.29 is 4.79 Å². The van der Waals surface area contributed by atoms with E-state index in [0.717, 1.165) is 80.7 Å². The fraction of sp³-hybridized carbons (Fsp3) is 0.619. The Kier molecular flexibility index (Phi) is 7.09. The van der Waals surface area contributed by atoms with Crippen LogP contribution in [0, 0.1) is 5.92 Å². The van der Waals surface area contributed by atoms with E-state index in [-0.39, 0.29) is 5.92 Å². The molecule has 2 N–H and O–H groups in total. The minimum Gasteiger partial charge on any atom is -0.356 e. The third-order valence-electron chi connectivity index (χ3n) is 5.99. The van der Waals surface area contributed by atoms with E-state index in [9.17, 15) is 4.79 Å². The van der Waals surface area contributed by atoms with Gasteiger partial charge in [0.25, 0.3) is 0 Å². The summed E-state index contributed by atoms with van der Waals surface area (Å²) in [7, 11) is 1.80. The lowest BCUT2D eigenvalue weighted by atomic mass is 9.85. The lowest BCUT2D eigenvalue weighted by Gasteiger charge is -2.34. The Morgan fingerprint density at radius 1 is 1.20 bits per heavy atom. The standard InChI is InChI=1S/C21H31N7OS/c1-22-21(23-10-9-19-26-25-18-4-2-3-11-28(18)19)24-17-7-5-16(6-8-17)20(29)27-12-14-30-15-13-27/h2-4,11,16-17H,5-10,12-15H2,1H3,(H2,22,23,24). The SMILES string of the molecule is CN=C(NCCc1nnc2ccccn12)NC1CCC(C(=O)N2CCSCC2)CC1. The maximum Gasteiger partial charge on any atom is 0.225 e. The third kappa shape index (κ3) is 5.06. The third-order valence-corrected chi connectivity index (χ3v) is 6.93. The molecule has 4 rings (SSSR count). The van der Waals surface area contributed by atoms with Crippen molar-refractivity contribution in [3.8, 4) is 0 Å². The number of fused-ring (bicyclic) bond motifs is 1. The van der Waals surface area contributed by atoms with E-state index in [0.29, 0.717) is 11.9 Å². The molecule has 1 saturated carbocycles. The summed E-state index contributed by atoms with van der Waals surface area (Å²) < 4.78 is 2.01. The van der Waals surface area contributed by atoms with E-state index in [1.807, 2.05) is 40.6 Å². The highest BCUT2D eigenvalue weighted by atomic mass is 32.2. The van der Waals surface area contributed by atoms with Crippen LogP contribution in [0.15, 0.2) is 29.4 Å². The summed E-state index contributed by atoms with van der Waals surface area (Å²) in [5, 5.41) is 15.4. The lowest BCUT2D eigenvalue weighted by Crippen LogP contribution is -2.47. The molecule has 2 fully saturated rings. The molecule has 0 radical (unpaired) electrons. The zero-order valence-corrected chi connectivity index (χ0v) is 18.4. The van der Waals surface area contributed by atoms with Crippen LogP contribution < -0.4 is 10.6 Å². The Labute approximate surface area is 181 Å². The number of aliphatic imine (C=N–C) groups is 1. The second-order valence-corrected chi connectivity index (χ2v) is 9.15. The molecule has 1 aliphatic carbocycles. The Balaban J connectivity index is 1.20. The van der Waals surface area contributed by atoms with Crippen LogP contribution in [0.25, 0.3) is 5.65 Å². The van der Waals surface area contributed by atoms with Crippen molar-refractivity contribution in [3.63, 3.8) is 0 Å². The van der Waals surface area contributed by atoms with Crippen molar-refractivity contribution in [1.29, 1.82) is 0 Å². The van der Waals surface area contributed by atoms with Crippen LogP contribution in [0.5, 0.6) is 0 Å². The van der Waals surface area contributed by atoms with Gasteiger partial charge >= 0.3 is 0 Å². The first-order valence-corrected chi connectivity index (χ1v) is 12.0. The van der Waals surface area contributed by atoms with Crippen molar-refractivity contribution >= 4 is 29.3 Å². The molecule has 162 valence electrons. The van der Waals surface area contributed by atoms with Crippen LogP contribution in [-0.2, 0) is 11.2 Å². The summed E-state index contributed by atoms with van der Waals surface area (Å²) in [5.41, 5.74) is 0.865. The molecule has 2 aliphatic rings. The molecule has 1 amide bonds. The van der Waals surface area contributed by atoms with Gasteiger partial charge in [0.05, 0.1) is 0 Å². The van der Waals surface area contributed by atoms with Gasteiger partial charge in [0.1, 0.15) is 5.82 Å². The molecule has 2 aromatic rings. The maximum absolute atomic E-state index is 12.7. The summed E-state index contributed by atoms with van der Waals surface area (Å²) in [5.74, 6) is 4.47. The molecule has 0 aromatic carbocycles. The number of guanidine groups is 1. The number of hydrogen-bond donors (Lipinski definition) is 2. The number of carbonyl (C=O) groups is 1. The van der Waals surface area contributed by atoms with E-state index in [2.05, 4.69) is 30.7 Å². The van der Waals surface area contributed by atoms with Gasteiger partial charge in [-0.15, -0.1) is 10.2 Å². The van der Waals surface area contributed by atoms with Gasteiger partial charge in [-0.05, 0) is 37.8 Å². The van der Waals surface area contributed by atoms with Crippen molar-refractivity contribution in [2.45, 2.75) is 38.1 Å². The molecule has 1 aliphatic heterocycles. The summed E-state index contributed by atoms with van der Waals surface area (Å²) >= 11 is 1.95. The van der Waals surface area contributed by atoms with Gasteiger partial charge in [-0.3, -0.25) is 14.2 Å². The van der Waals surface area contributed by atoms with Crippen LogP contribution >= 0.6 is 11.8 Å². The predicted molar refractivity (Wildman–Crippen MR) is 121 cm³/mol. The highest BCUT2D eigenvalue weighted by molar-refractivity contribution is 7.99. The number of carbonyl (C=O) groups excluding carboxylic acids is 1. The minimum atomic E-state index is 0.197. The van der Waals surface area contributed by atoms with E-state index in [1.54, 1.807) is 7.05 Å². The first-order chi connectivity index (χ1) is 14.7. The molecule has 0 spiro atoms. The van der Waals surface area contributed by atoms with Crippen LogP contribution in [0.4, 0.5) is 0 Å². The molecular weight excluding hydrogens is 398 g/mol. The van der Waals surface area contributed by atoms with Gasteiger partial charge in [-0.25, -0.2) is 0 Å². The Morgan fingerprint density at radius 3 is 2.77 bits per heavy atom. The maximum atomic E-state index is 12.7. The zero-order valence-electron chi connectivity index (χ0n) is 17.6. The molecule has 0 atom stereocenters. The van der Waals surface area contributed by atoms with E-state index < -0.39 is 0 Å². The average Bonchev–Trinajstić information content (AvgIpc) is 3.22. The number of hydrogen-bond acceptors (Lipinski definition) is 5. The molecule has 9 heteroatoms. The average molecular weight is 430 g/mol. The molecule has 8 nitrogen and oxygen atoms in total. The number of pyridine rings is 1. The van der Waals surface area contributed by atoms with Crippen molar-refractivity contribution in [2.75, 3.05) is 38.2 Å². The molecule has 30 heavy (non-hydrogen) atoms. The summed E-state index contributed by atoms with van der Waals surface area (Å²) in [6.07, 6.45) is 6.69. The normalized spacial score (nSPS) is 22.8. The highest BCUT2D eigenvalue weighted by Crippen LogP contribution is 2.27. The number of aromatic nitrogens is 3. The van der Waals surface area contributed by atoms with Gasteiger partial charge in [-0.2, -0.15) is 11.8 Å². The van der Waals surface area contributed by atoms with Crippen molar-refractivity contribution in [1.82, 2.24) is 30.1 Å². The minimum absolute atomic E-state index is 0.197. The molecule has 1 saturated heterocycles. The first kappa shape index (κ1) is 21.0. The van der Waals surface area contributed by atoms with Crippen LogP contribution in [0.1, 0.15) is 31.5 Å².